The highest BCUT2D eigenvalue weighted by atomic mass is 19.1. The molecule has 0 radical (unpaired) electrons. The number of nitrogens with two attached hydrogens (primary N) is 1. The molecule has 1 aromatic carbocycles. The third kappa shape index (κ3) is 5.80. The van der Waals surface area contributed by atoms with Gasteiger partial charge in [0.05, 0.1) is 0 Å². The molecule has 0 aliphatic heterocycles. The molecular formula is C14H23FN2. The Bertz CT molecular complexity index is 309. The molecule has 96 valence electrons. The molecule has 0 saturated heterocycles. The van der Waals surface area contributed by atoms with Crippen molar-refractivity contribution >= 4 is 0 Å². The largest absolute Gasteiger partial charge is 0.330 e. The van der Waals surface area contributed by atoms with Crippen LogP contribution in [0.15, 0.2) is 24.3 Å². The highest BCUT2D eigenvalue weighted by Gasteiger charge is 2.07. The van der Waals surface area contributed by atoms with Crippen molar-refractivity contribution < 1.29 is 4.39 Å². The van der Waals surface area contributed by atoms with Crippen molar-refractivity contribution in [1.29, 1.82) is 0 Å². The molecule has 0 saturated carbocycles. The van der Waals surface area contributed by atoms with Gasteiger partial charge in [-0.25, -0.2) is 4.39 Å². The Morgan fingerprint density at radius 1 is 1.24 bits per heavy atom. The molecule has 0 bridgehead atoms. The second kappa shape index (κ2) is 7.41. The zero-order valence-corrected chi connectivity index (χ0v) is 10.8. The lowest BCUT2D eigenvalue weighted by molar-refractivity contribution is 0.234. The quantitative estimate of drug-likeness (QED) is 0.791. The van der Waals surface area contributed by atoms with Gasteiger partial charge in [0, 0.05) is 13.1 Å². The van der Waals surface area contributed by atoms with Gasteiger partial charge in [0.1, 0.15) is 5.82 Å². The Labute approximate surface area is 104 Å². The van der Waals surface area contributed by atoms with E-state index in [1.165, 1.54) is 12.1 Å². The minimum Gasteiger partial charge on any atom is -0.330 e. The highest BCUT2D eigenvalue weighted by molar-refractivity contribution is 5.15. The van der Waals surface area contributed by atoms with Gasteiger partial charge in [-0.1, -0.05) is 26.0 Å². The molecule has 1 rings (SSSR count). The van der Waals surface area contributed by atoms with E-state index in [0.29, 0.717) is 5.92 Å². The summed E-state index contributed by atoms with van der Waals surface area (Å²) in [5, 5.41) is 0. The lowest BCUT2D eigenvalue weighted by Gasteiger charge is -2.24. The minimum absolute atomic E-state index is 0.175. The van der Waals surface area contributed by atoms with Crippen LogP contribution in [0.2, 0.25) is 0 Å². The molecule has 0 fully saturated rings. The molecular weight excluding hydrogens is 215 g/mol. The van der Waals surface area contributed by atoms with Gasteiger partial charge in [-0.05, 0) is 43.1 Å². The fourth-order valence-corrected chi connectivity index (χ4v) is 1.91. The first-order chi connectivity index (χ1) is 8.11. The van der Waals surface area contributed by atoms with Crippen LogP contribution in [-0.4, -0.2) is 24.5 Å². The van der Waals surface area contributed by atoms with Crippen LogP contribution in [0, 0.1) is 11.7 Å². The number of halogens is 1. The molecule has 2 nitrogen and oxygen atoms in total. The molecule has 3 heteroatoms. The Hall–Kier alpha value is -0.930. The second-order valence-electron chi connectivity index (χ2n) is 4.90. The van der Waals surface area contributed by atoms with Crippen LogP contribution in [0.4, 0.5) is 4.39 Å². The average molecular weight is 238 g/mol. The number of benzene rings is 1. The summed E-state index contributed by atoms with van der Waals surface area (Å²) in [4.78, 5) is 2.38. The molecule has 0 unspecified atom stereocenters. The average Bonchev–Trinajstić information content (AvgIpc) is 2.28. The van der Waals surface area contributed by atoms with Gasteiger partial charge in [-0.15, -0.1) is 0 Å². The van der Waals surface area contributed by atoms with Crippen molar-refractivity contribution in [1.82, 2.24) is 4.90 Å². The first-order valence-electron chi connectivity index (χ1n) is 6.28. The standard InChI is InChI=1S/C14H23FN2/c1-12(2)10-17(9-3-8-16)11-13-4-6-14(15)7-5-13/h4-7,12H,3,8-11,16H2,1-2H3. The summed E-state index contributed by atoms with van der Waals surface area (Å²) in [7, 11) is 0. The molecule has 1 aromatic rings. The highest BCUT2D eigenvalue weighted by Crippen LogP contribution is 2.09. The van der Waals surface area contributed by atoms with E-state index >= 15 is 0 Å². The van der Waals surface area contributed by atoms with E-state index < -0.39 is 0 Å². The second-order valence-corrected chi connectivity index (χ2v) is 4.90. The topological polar surface area (TPSA) is 29.3 Å². The third-order valence-corrected chi connectivity index (χ3v) is 2.62. The van der Waals surface area contributed by atoms with Gasteiger partial charge < -0.3 is 5.73 Å². The Morgan fingerprint density at radius 2 is 1.88 bits per heavy atom. The van der Waals surface area contributed by atoms with Gasteiger partial charge in [-0.3, -0.25) is 4.90 Å². The summed E-state index contributed by atoms with van der Waals surface area (Å²) in [5.74, 6) is 0.458. The lowest BCUT2D eigenvalue weighted by atomic mass is 10.1. The molecule has 0 amide bonds. The smallest absolute Gasteiger partial charge is 0.123 e. The summed E-state index contributed by atoms with van der Waals surface area (Å²) < 4.78 is 12.8. The van der Waals surface area contributed by atoms with Crippen molar-refractivity contribution in [2.75, 3.05) is 19.6 Å². The van der Waals surface area contributed by atoms with E-state index in [9.17, 15) is 4.39 Å². The fourth-order valence-electron chi connectivity index (χ4n) is 1.91. The van der Waals surface area contributed by atoms with Crippen LogP contribution in [0.5, 0.6) is 0 Å². The van der Waals surface area contributed by atoms with Crippen molar-refractivity contribution in [3.8, 4) is 0 Å². The number of nitrogens with zero attached hydrogens (tertiary/aromatic N) is 1. The summed E-state index contributed by atoms with van der Waals surface area (Å²) in [6.07, 6.45) is 1.01. The molecule has 2 N–H and O–H groups in total. The molecule has 0 spiro atoms. The first-order valence-corrected chi connectivity index (χ1v) is 6.28. The summed E-state index contributed by atoms with van der Waals surface area (Å²) >= 11 is 0. The van der Waals surface area contributed by atoms with E-state index in [0.717, 1.165) is 38.2 Å². The third-order valence-electron chi connectivity index (χ3n) is 2.62. The van der Waals surface area contributed by atoms with E-state index in [2.05, 4.69) is 18.7 Å². The Kier molecular flexibility index (Phi) is 6.16. The Balaban J connectivity index is 2.54. The van der Waals surface area contributed by atoms with Crippen molar-refractivity contribution in [3.05, 3.63) is 35.6 Å². The van der Waals surface area contributed by atoms with Crippen LogP contribution in [-0.2, 0) is 6.54 Å². The summed E-state index contributed by atoms with van der Waals surface area (Å²) in [6.45, 7) is 8.07. The Morgan fingerprint density at radius 3 is 2.41 bits per heavy atom. The molecule has 17 heavy (non-hydrogen) atoms. The maximum atomic E-state index is 12.8. The molecule has 0 aliphatic rings. The van der Waals surface area contributed by atoms with Gasteiger partial charge in [0.15, 0.2) is 0 Å². The van der Waals surface area contributed by atoms with Crippen LogP contribution < -0.4 is 5.73 Å². The van der Waals surface area contributed by atoms with Crippen LogP contribution in [0.1, 0.15) is 25.8 Å². The zero-order valence-electron chi connectivity index (χ0n) is 10.8. The van der Waals surface area contributed by atoms with Gasteiger partial charge in [-0.2, -0.15) is 0 Å². The summed E-state index contributed by atoms with van der Waals surface area (Å²) in [6, 6.07) is 6.74. The van der Waals surface area contributed by atoms with Crippen molar-refractivity contribution in [3.63, 3.8) is 0 Å². The maximum absolute atomic E-state index is 12.8. The maximum Gasteiger partial charge on any atom is 0.123 e. The monoisotopic (exact) mass is 238 g/mol. The molecule has 0 aliphatic carbocycles. The minimum atomic E-state index is -0.175. The molecule has 0 aromatic heterocycles. The van der Waals surface area contributed by atoms with E-state index in [-0.39, 0.29) is 5.82 Å². The summed E-state index contributed by atoms with van der Waals surface area (Å²) in [5.41, 5.74) is 6.70. The molecule has 0 atom stereocenters. The van der Waals surface area contributed by atoms with Crippen LogP contribution in [0.25, 0.3) is 0 Å². The number of hydrogen-bond acceptors (Lipinski definition) is 2. The lowest BCUT2D eigenvalue weighted by Crippen LogP contribution is -2.29. The van der Waals surface area contributed by atoms with Gasteiger partial charge in [0.25, 0.3) is 0 Å². The predicted octanol–water partition coefficient (Wildman–Crippen LogP) is 2.63. The van der Waals surface area contributed by atoms with Crippen molar-refractivity contribution in [2.45, 2.75) is 26.8 Å². The van der Waals surface area contributed by atoms with Crippen LogP contribution >= 0.6 is 0 Å². The van der Waals surface area contributed by atoms with E-state index in [1.54, 1.807) is 0 Å². The zero-order chi connectivity index (χ0) is 12.7. The van der Waals surface area contributed by atoms with E-state index in [4.69, 9.17) is 5.73 Å². The van der Waals surface area contributed by atoms with Gasteiger partial charge in [0.2, 0.25) is 0 Å². The van der Waals surface area contributed by atoms with Gasteiger partial charge >= 0.3 is 0 Å². The number of rotatable bonds is 7. The van der Waals surface area contributed by atoms with Crippen molar-refractivity contribution in [2.24, 2.45) is 11.7 Å². The fraction of sp³-hybridized carbons (Fsp3) is 0.571. The predicted molar refractivity (Wildman–Crippen MR) is 70.2 cm³/mol. The van der Waals surface area contributed by atoms with Crippen LogP contribution in [0.3, 0.4) is 0 Å². The molecule has 0 heterocycles. The number of hydrogen-bond donors (Lipinski definition) is 1. The SMILES string of the molecule is CC(C)CN(CCCN)Cc1ccc(F)cc1. The van der Waals surface area contributed by atoms with E-state index in [1.807, 2.05) is 12.1 Å². The normalized spacial score (nSPS) is 11.4. The first kappa shape index (κ1) is 14.1.